The van der Waals surface area contributed by atoms with Crippen LogP contribution < -0.4 is 25.1 Å². The van der Waals surface area contributed by atoms with Crippen molar-refractivity contribution in [3.8, 4) is 40.1 Å². The average molecular weight is 497 g/mol. The number of carbonyl (C=O) groups is 1. The van der Waals surface area contributed by atoms with Crippen LogP contribution in [-0.2, 0) is 11.3 Å². The van der Waals surface area contributed by atoms with Gasteiger partial charge in [-0.1, -0.05) is 16.8 Å². The van der Waals surface area contributed by atoms with Crippen LogP contribution in [-0.4, -0.2) is 41.9 Å². The highest BCUT2D eigenvalue weighted by atomic mass is 35.5. The van der Waals surface area contributed by atoms with Gasteiger partial charge in [-0.15, -0.1) is 0 Å². The summed E-state index contributed by atoms with van der Waals surface area (Å²) >= 11 is 5.92. The van der Waals surface area contributed by atoms with Crippen LogP contribution in [0.2, 0.25) is 5.02 Å². The van der Waals surface area contributed by atoms with Crippen LogP contribution in [0.1, 0.15) is 0 Å². The fraction of sp³-hybridized carbons (Fsp3) is 0.167. The molecule has 0 unspecified atom stereocenters. The fourth-order valence-corrected chi connectivity index (χ4v) is 3.47. The molecule has 0 aliphatic carbocycles. The predicted octanol–water partition coefficient (Wildman–Crippen LogP) is 3.88. The zero-order valence-corrected chi connectivity index (χ0v) is 19.8. The summed E-state index contributed by atoms with van der Waals surface area (Å²) in [4.78, 5) is 29.5. The number of hydrogen-bond donors (Lipinski definition) is 1. The molecule has 0 saturated carbocycles. The van der Waals surface area contributed by atoms with Gasteiger partial charge in [0.15, 0.2) is 11.5 Å². The molecule has 0 spiro atoms. The van der Waals surface area contributed by atoms with Crippen LogP contribution in [0.4, 0.5) is 5.69 Å². The molecule has 0 saturated heterocycles. The molecule has 2 aromatic heterocycles. The summed E-state index contributed by atoms with van der Waals surface area (Å²) in [6.45, 7) is -0.248. The second kappa shape index (κ2) is 10.3. The number of nitrogens with zero attached hydrogens (tertiary/aromatic N) is 3. The second-order valence-corrected chi connectivity index (χ2v) is 7.71. The van der Waals surface area contributed by atoms with E-state index < -0.39 is 5.91 Å². The molecule has 180 valence electrons. The minimum Gasteiger partial charge on any atom is -0.493 e. The number of rotatable bonds is 8. The first-order valence-corrected chi connectivity index (χ1v) is 10.7. The number of pyridine rings is 1. The standard InChI is InChI=1S/C24H21ClN4O6/c1-32-18-10-17(11-19(33-2)22(18)34-3)26-20(30)13-29-12-15(6-9-21(29)31)24-27-23(28-35-24)14-4-7-16(25)8-5-14/h4-12H,13H2,1-3H3,(H,26,30). The van der Waals surface area contributed by atoms with E-state index in [1.165, 1.54) is 38.2 Å². The van der Waals surface area contributed by atoms with Gasteiger partial charge < -0.3 is 28.6 Å². The lowest BCUT2D eigenvalue weighted by Crippen LogP contribution is -2.26. The maximum Gasteiger partial charge on any atom is 0.259 e. The number of nitrogens with one attached hydrogen (secondary N) is 1. The fourth-order valence-electron chi connectivity index (χ4n) is 3.35. The summed E-state index contributed by atoms with van der Waals surface area (Å²) in [5.74, 6) is 1.30. The number of hydrogen-bond acceptors (Lipinski definition) is 8. The van der Waals surface area contributed by atoms with Crippen molar-refractivity contribution in [1.29, 1.82) is 0 Å². The van der Waals surface area contributed by atoms with Crippen molar-refractivity contribution in [2.45, 2.75) is 6.54 Å². The molecule has 11 heteroatoms. The Kier molecular flexibility index (Phi) is 7.02. The summed E-state index contributed by atoms with van der Waals surface area (Å²) < 4.78 is 22.5. The van der Waals surface area contributed by atoms with E-state index in [-0.39, 0.29) is 18.0 Å². The van der Waals surface area contributed by atoms with Crippen LogP contribution in [0.15, 0.2) is 64.0 Å². The molecule has 0 radical (unpaired) electrons. The Morgan fingerprint density at radius 1 is 1.00 bits per heavy atom. The van der Waals surface area contributed by atoms with Crippen molar-refractivity contribution in [3.05, 3.63) is 70.1 Å². The Labute approximate surface area is 205 Å². The van der Waals surface area contributed by atoms with E-state index in [2.05, 4.69) is 15.5 Å². The predicted molar refractivity (Wildman–Crippen MR) is 129 cm³/mol. The first-order valence-electron chi connectivity index (χ1n) is 10.3. The normalized spacial score (nSPS) is 10.6. The van der Waals surface area contributed by atoms with Gasteiger partial charge in [0, 0.05) is 40.7 Å². The largest absolute Gasteiger partial charge is 0.493 e. The van der Waals surface area contributed by atoms with Gasteiger partial charge in [-0.3, -0.25) is 9.59 Å². The maximum atomic E-state index is 12.7. The van der Waals surface area contributed by atoms with Gasteiger partial charge in [-0.2, -0.15) is 4.98 Å². The molecule has 0 atom stereocenters. The van der Waals surface area contributed by atoms with Gasteiger partial charge in [0.25, 0.3) is 11.4 Å². The minimum atomic E-state index is -0.439. The molecule has 35 heavy (non-hydrogen) atoms. The van der Waals surface area contributed by atoms with Crippen molar-refractivity contribution in [2.75, 3.05) is 26.6 Å². The van der Waals surface area contributed by atoms with Crippen molar-refractivity contribution >= 4 is 23.2 Å². The van der Waals surface area contributed by atoms with E-state index in [1.54, 1.807) is 42.5 Å². The smallest absolute Gasteiger partial charge is 0.259 e. The van der Waals surface area contributed by atoms with Gasteiger partial charge in [0.05, 0.1) is 26.9 Å². The van der Waals surface area contributed by atoms with Crippen LogP contribution in [0, 0.1) is 0 Å². The van der Waals surface area contributed by atoms with Gasteiger partial charge in [0.2, 0.25) is 17.5 Å². The molecule has 4 rings (SSSR count). The molecule has 1 N–H and O–H groups in total. The van der Waals surface area contributed by atoms with E-state index in [0.29, 0.717) is 39.3 Å². The third-order valence-corrected chi connectivity index (χ3v) is 5.27. The van der Waals surface area contributed by atoms with E-state index in [9.17, 15) is 9.59 Å². The third-order valence-electron chi connectivity index (χ3n) is 5.02. The van der Waals surface area contributed by atoms with Crippen LogP contribution in [0.25, 0.3) is 22.8 Å². The Morgan fingerprint density at radius 3 is 2.29 bits per heavy atom. The minimum absolute atomic E-state index is 0.203. The summed E-state index contributed by atoms with van der Waals surface area (Å²) in [5.41, 5.74) is 1.25. The molecule has 1 amide bonds. The van der Waals surface area contributed by atoms with Crippen LogP contribution >= 0.6 is 11.6 Å². The summed E-state index contributed by atoms with van der Waals surface area (Å²) in [6, 6.07) is 13.0. The molecule has 0 bridgehead atoms. The molecule has 2 aromatic carbocycles. The maximum absolute atomic E-state index is 12.7. The lowest BCUT2D eigenvalue weighted by atomic mass is 10.2. The zero-order valence-electron chi connectivity index (χ0n) is 19.1. The number of aromatic nitrogens is 3. The Bertz CT molecular complexity index is 1390. The highest BCUT2D eigenvalue weighted by Gasteiger charge is 2.16. The number of ether oxygens (including phenoxy) is 3. The zero-order chi connectivity index (χ0) is 24.9. The number of amides is 1. The van der Waals surface area contributed by atoms with Gasteiger partial charge in [-0.05, 0) is 30.3 Å². The van der Waals surface area contributed by atoms with E-state index in [4.69, 9.17) is 30.3 Å². The number of halogens is 1. The van der Waals surface area contributed by atoms with Gasteiger partial charge >= 0.3 is 0 Å². The number of carbonyl (C=O) groups excluding carboxylic acids is 1. The topological polar surface area (TPSA) is 118 Å². The SMILES string of the molecule is COc1cc(NC(=O)Cn2cc(-c3nc(-c4ccc(Cl)cc4)no3)ccc2=O)cc(OC)c1OC. The first-order chi connectivity index (χ1) is 16.9. The lowest BCUT2D eigenvalue weighted by molar-refractivity contribution is -0.116. The molecule has 0 fully saturated rings. The molecule has 2 heterocycles. The second-order valence-electron chi connectivity index (χ2n) is 7.28. The first kappa shape index (κ1) is 23.8. The van der Waals surface area contributed by atoms with E-state index in [1.807, 2.05) is 0 Å². The quantitative estimate of drug-likeness (QED) is 0.390. The summed E-state index contributed by atoms with van der Waals surface area (Å²) in [5, 5.41) is 7.30. The molecule has 4 aromatic rings. The Hall–Kier alpha value is -4.31. The third kappa shape index (κ3) is 5.28. The summed E-state index contributed by atoms with van der Waals surface area (Å²) in [7, 11) is 4.44. The van der Waals surface area contributed by atoms with Crippen molar-refractivity contribution in [1.82, 2.24) is 14.7 Å². The Balaban J connectivity index is 1.54. The number of anilines is 1. The molecular formula is C24H21ClN4O6. The molecule has 0 aliphatic heterocycles. The average Bonchev–Trinajstić information content (AvgIpc) is 3.35. The number of methoxy groups -OCH3 is 3. The Morgan fingerprint density at radius 2 is 1.66 bits per heavy atom. The van der Waals surface area contributed by atoms with Gasteiger partial charge in [0.1, 0.15) is 6.54 Å². The highest BCUT2D eigenvalue weighted by Crippen LogP contribution is 2.39. The van der Waals surface area contributed by atoms with Gasteiger partial charge in [-0.25, -0.2) is 0 Å². The van der Waals surface area contributed by atoms with Crippen molar-refractivity contribution in [3.63, 3.8) is 0 Å². The van der Waals surface area contributed by atoms with Crippen LogP contribution in [0.5, 0.6) is 17.2 Å². The van der Waals surface area contributed by atoms with E-state index >= 15 is 0 Å². The monoisotopic (exact) mass is 496 g/mol. The molecule has 0 aliphatic rings. The molecular weight excluding hydrogens is 476 g/mol. The lowest BCUT2D eigenvalue weighted by Gasteiger charge is -2.15. The van der Waals surface area contributed by atoms with Crippen molar-refractivity contribution in [2.24, 2.45) is 0 Å². The van der Waals surface area contributed by atoms with E-state index in [0.717, 1.165) is 5.56 Å². The highest BCUT2D eigenvalue weighted by molar-refractivity contribution is 6.30. The number of benzene rings is 2. The summed E-state index contributed by atoms with van der Waals surface area (Å²) in [6.07, 6.45) is 1.48. The van der Waals surface area contributed by atoms with Crippen LogP contribution in [0.3, 0.4) is 0 Å². The molecule has 10 nitrogen and oxygen atoms in total. The van der Waals surface area contributed by atoms with Crippen molar-refractivity contribution < 1.29 is 23.5 Å².